The molecule has 0 spiro atoms. The van der Waals surface area contributed by atoms with Gasteiger partial charge in [-0.25, -0.2) is 0 Å². The second-order valence-corrected chi connectivity index (χ2v) is 11.9. The van der Waals surface area contributed by atoms with E-state index in [0.717, 1.165) is 9.80 Å². The molecular formula is C33H35N5O8. The maximum absolute atomic E-state index is 12.8. The number of benzene rings is 2. The van der Waals surface area contributed by atoms with Crippen LogP contribution in [0, 0.1) is 0 Å². The lowest BCUT2D eigenvalue weighted by molar-refractivity contribution is -0.136. The van der Waals surface area contributed by atoms with Crippen LogP contribution >= 0.6 is 0 Å². The van der Waals surface area contributed by atoms with Crippen molar-refractivity contribution < 1.29 is 38.3 Å². The Kier molecular flexibility index (Phi) is 8.77. The van der Waals surface area contributed by atoms with Gasteiger partial charge < -0.3 is 15.4 Å². The van der Waals surface area contributed by atoms with Crippen LogP contribution in [-0.2, 0) is 14.4 Å². The fourth-order valence-electron chi connectivity index (χ4n) is 5.86. The van der Waals surface area contributed by atoms with Crippen LogP contribution in [0.15, 0.2) is 48.7 Å². The van der Waals surface area contributed by atoms with Gasteiger partial charge in [0.25, 0.3) is 23.6 Å². The molecule has 240 valence electrons. The van der Waals surface area contributed by atoms with Crippen molar-refractivity contribution in [3.05, 3.63) is 70.9 Å². The Morgan fingerprint density at radius 1 is 0.739 bits per heavy atom. The smallest absolute Gasteiger partial charge is 0.266 e. The van der Waals surface area contributed by atoms with Crippen LogP contribution in [0.25, 0.3) is 0 Å². The van der Waals surface area contributed by atoms with Gasteiger partial charge >= 0.3 is 0 Å². The van der Waals surface area contributed by atoms with E-state index in [1.54, 1.807) is 36.4 Å². The third kappa shape index (κ3) is 5.87. The highest BCUT2D eigenvalue weighted by Crippen LogP contribution is 2.35. The summed E-state index contributed by atoms with van der Waals surface area (Å²) in [4.78, 5) is 88.1. The van der Waals surface area contributed by atoms with Crippen molar-refractivity contribution in [3.63, 3.8) is 0 Å². The van der Waals surface area contributed by atoms with Crippen molar-refractivity contribution in [2.24, 2.45) is 0 Å². The van der Waals surface area contributed by atoms with Crippen LogP contribution < -0.4 is 20.7 Å². The van der Waals surface area contributed by atoms with Gasteiger partial charge in [0, 0.05) is 23.8 Å². The fourth-order valence-corrected chi connectivity index (χ4v) is 5.86. The number of piperidine rings is 2. The fraction of sp³-hybridized carbons (Fsp3) is 0.364. The summed E-state index contributed by atoms with van der Waals surface area (Å²) >= 11 is 0. The number of hydrogen-bond acceptors (Lipinski definition) is 9. The van der Waals surface area contributed by atoms with E-state index in [2.05, 4.69) is 22.5 Å². The summed E-state index contributed by atoms with van der Waals surface area (Å²) in [7, 11) is 0. The highest BCUT2D eigenvalue weighted by atomic mass is 16.5. The van der Waals surface area contributed by atoms with Gasteiger partial charge in [-0.3, -0.25) is 48.7 Å². The number of fused-ring (bicyclic) bond motifs is 2. The zero-order valence-corrected chi connectivity index (χ0v) is 26.0. The summed E-state index contributed by atoms with van der Waals surface area (Å²) in [5, 5.41) is 7.93. The first-order chi connectivity index (χ1) is 21.8. The second kappa shape index (κ2) is 12.6. The molecule has 0 radical (unpaired) electrons. The number of amides is 7. The van der Waals surface area contributed by atoms with Crippen LogP contribution in [0.1, 0.15) is 94.8 Å². The molecule has 2 atom stereocenters. The molecule has 0 bridgehead atoms. The molecule has 6 rings (SSSR count). The zero-order chi connectivity index (χ0) is 33.4. The predicted octanol–water partition coefficient (Wildman–Crippen LogP) is 2.77. The minimum atomic E-state index is -0.938. The molecule has 46 heavy (non-hydrogen) atoms. The summed E-state index contributed by atoms with van der Waals surface area (Å²) in [5.74, 6) is -2.91. The summed E-state index contributed by atoms with van der Waals surface area (Å²) in [6, 6.07) is 8.28. The van der Waals surface area contributed by atoms with Crippen LogP contribution in [0.2, 0.25) is 0 Å². The monoisotopic (exact) mass is 629 g/mol. The number of carbonyl (C=O) groups excluding carboxylic acids is 7. The van der Waals surface area contributed by atoms with E-state index >= 15 is 0 Å². The molecule has 0 aromatic heterocycles. The van der Waals surface area contributed by atoms with Crippen molar-refractivity contribution in [2.75, 3.05) is 5.32 Å². The molecule has 2 unspecified atom stereocenters. The number of allylic oxidation sites excluding steroid dienone is 1. The van der Waals surface area contributed by atoms with Crippen molar-refractivity contribution in [3.8, 4) is 5.75 Å². The van der Waals surface area contributed by atoms with E-state index in [1.165, 1.54) is 0 Å². The molecule has 0 saturated carbocycles. The summed E-state index contributed by atoms with van der Waals surface area (Å²) in [6.07, 6.45) is 1.07. The van der Waals surface area contributed by atoms with Crippen LogP contribution in [0.4, 0.5) is 5.69 Å². The van der Waals surface area contributed by atoms with Gasteiger partial charge in [-0.2, -0.15) is 0 Å². The quantitative estimate of drug-likeness (QED) is 0.407. The van der Waals surface area contributed by atoms with Gasteiger partial charge in [0.1, 0.15) is 17.8 Å². The van der Waals surface area contributed by atoms with E-state index in [-0.39, 0.29) is 59.1 Å². The van der Waals surface area contributed by atoms with Crippen molar-refractivity contribution in [2.45, 2.75) is 77.6 Å². The molecule has 13 nitrogen and oxygen atoms in total. The number of rotatable bonds is 6. The average molecular weight is 630 g/mol. The first-order valence-corrected chi connectivity index (χ1v) is 15.1. The van der Waals surface area contributed by atoms with Crippen molar-refractivity contribution in [1.82, 2.24) is 20.4 Å². The lowest BCUT2D eigenvalue weighted by Crippen LogP contribution is -2.54. The highest BCUT2D eigenvalue weighted by Gasteiger charge is 2.47. The number of carbonyl (C=O) groups is 7. The molecule has 4 aliphatic heterocycles. The zero-order valence-electron chi connectivity index (χ0n) is 26.0. The van der Waals surface area contributed by atoms with Crippen LogP contribution in [0.3, 0.4) is 0 Å². The molecule has 2 aromatic carbocycles. The van der Waals surface area contributed by atoms with E-state index < -0.39 is 41.6 Å². The summed E-state index contributed by atoms with van der Waals surface area (Å²) < 4.78 is 5.64. The minimum absolute atomic E-state index is 0.0917. The summed E-state index contributed by atoms with van der Waals surface area (Å²) in [6.45, 7) is 11.3. The number of ether oxygens (including phenoxy) is 1. The van der Waals surface area contributed by atoms with Gasteiger partial charge in [0.15, 0.2) is 0 Å². The predicted molar refractivity (Wildman–Crippen MR) is 165 cm³/mol. The maximum Gasteiger partial charge on any atom is 0.266 e. The standard InChI is InChI=1S/C17H18N2O4.C16H17N3O4/c1-9(2)23-13-6-4-5-11-14(13)17(22)19(16(11)21)12-8-7-10(3)18-15(12)20;1-8(2)17-10-5-3-4-9-13(10)16(23)19(15(9)22)11-6-7-12(20)18-14(11)21/h4-6,9,12H,3,7-8H2,1-2H3,(H,18,20);3-5,8,11,17H,6-7H2,1-2H3,(H,18,20,21). The molecule has 4 aliphatic rings. The van der Waals surface area contributed by atoms with Crippen LogP contribution in [-0.4, -0.2) is 75.4 Å². The Balaban J connectivity index is 0.000000181. The molecule has 2 saturated heterocycles. The molecule has 4 heterocycles. The number of nitrogens with one attached hydrogen (secondary N) is 3. The Morgan fingerprint density at radius 3 is 1.85 bits per heavy atom. The topological polar surface area (TPSA) is 171 Å². The third-order valence-electron chi connectivity index (χ3n) is 7.82. The van der Waals surface area contributed by atoms with E-state index in [4.69, 9.17) is 4.74 Å². The molecule has 0 aliphatic carbocycles. The Hall–Kier alpha value is -5.33. The number of anilines is 1. The molecule has 2 fully saturated rings. The Morgan fingerprint density at radius 2 is 1.28 bits per heavy atom. The minimum Gasteiger partial charge on any atom is -0.490 e. The third-order valence-corrected chi connectivity index (χ3v) is 7.82. The van der Waals surface area contributed by atoms with E-state index in [1.807, 2.05) is 27.7 Å². The number of hydrogen-bond donors (Lipinski definition) is 3. The van der Waals surface area contributed by atoms with Gasteiger partial charge in [0.05, 0.1) is 28.4 Å². The molecule has 13 heteroatoms. The lowest BCUT2D eigenvalue weighted by Gasteiger charge is -2.29. The maximum atomic E-state index is 12.8. The van der Waals surface area contributed by atoms with Gasteiger partial charge in [0.2, 0.25) is 17.7 Å². The Bertz CT molecular complexity index is 1570. The first-order valence-electron chi connectivity index (χ1n) is 15.1. The molecule has 2 aromatic rings. The highest BCUT2D eigenvalue weighted by molar-refractivity contribution is 6.26. The lowest BCUT2D eigenvalue weighted by atomic mass is 10.0. The van der Waals surface area contributed by atoms with Crippen molar-refractivity contribution >= 4 is 47.0 Å². The normalized spacial score (nSPS) is 20.8. The SMILES string of the molecule is C=C1CCC(N2C(=O)c3cccc(OC(C)C)c3C2=O)C(=O)N1.CC(C)Nc1cccc2c1C(=O)N(C1CCC(=O)NC1=O)C2=O. The molecule has 3 N–H and O–H groups in total. The number of nitrogens with zero attached hydrogens (tertiary/aromatic N) is 2. The van der Waals surface area contributed by atoms with Gasteiger partial charge in [-0.1, -0.05) is 18.7 Å². The van der Waals surface area contributed by atoms with Crippen molar-refractivity contribution in [1.29, 1.82) is 0 Å². The van der Waals surface area contributed by atoms with E-state index in [9.17, 15) is 33.6 Å². The first kappa shape index (κ1) is 32.1. The number of imide groups is 3. The molecule has 7 amide bonds. The second-order valence-electron chi connectivity index (χ2n) is 11.9. The largest absolute Gasteiger partial charge is 0.490 e. The molecular weight excluding hydrogens is 594 g/mol. The Labute approximate surface area is 265 Å². The van der Waals surface area contributed by atoms with Crippen LogP contribution in [0.5, 0.6) is 5.75 Å². The summed E-state index contributed by atoms with van der Waals surface area (Å²) in [5.41, 5.74) is 2.27. The average Bonchev–Trinajstić information content (AvgIpc) is 3.38. The van der Waals surface area contributed by atoms with E-state index in [0.29, 0.717) is 30.0 Å². The van der Waals surface area contributed by atoms with Gasteiger partial charge in [-0.05, 0) is 71.2 Å². The van der Waals surface area contributed by atoms with Gasteiger partial charge in [-0.15, -0.1) is 0 Å².